The van der Waals surface area contributed by atoms with Crippen molar-refractivity contribution in [3.63, 3.8) is 0 Å². The topological polar surface area (TPSA) is 75.9 Å². The molecule has 9 heteroatoms. The van der Waals surface area contributed by atoms with Crippen molar-refractivity contribution in [3.8, 4) is 0 Å². The predicted octanol–water partition coefficient (Wildman–Crippen LogP) is 4.52. The lowest BCUT2D eigenvalue weighted by atomic mass is 10.1. The molecular formula is C25H30ClN3O4S. The Balaban J connectivity index is 1.43. The summed E-state index contributed by atoms with van der Waals surface area (Å²) in [5.41, 5.74) is 3.75. The number of sulfonamides is 1. The van der Waals surface area contributed by atoms with Gasteiger partial charge in [-0.1, -0.05) is 58.7 Å². The fraction of sp³-hybridized carbons (Fsp3) is 0.400. The second-order valence-corrected chi connectivity index (χ2v) is 11.0. The maximum atomic E-state index is 13.1. The van der Waals surface area contributed by atoms with Gasteiger partial charge in [-0.15, -0.1) is 0 Å². The highest BCUT2D eigenvalue weighted by Gasteiger charge is 2.33. The van der Waals surface area contributed by atoms with Crippen LogP contribution in [0.4, 0.5) is 0 Å². The van der Waals surface area contributed by atoms with E-state index in [1.165, 1.54) is 9.87 Å². The summed E-state index contributed by atoms with van der Waals surface area (Å²) >= 11 is 6.10. The third-order valence-corrected chi connectivity index (χ3v) is 8.49. The molecule has 4 rings (SSSR count). The van der Waals surface area contributed by atoms with Gasteiger partial charge in [0.2, 0.25) is 10.0 Å². The van der Waals surface area contributed by atoms with Crippen LogP contribution in [0.25, 0.3) is 0 Å². The summed E-state index contributed by atoms with van der Waals surface area (Å²) in [6.45, 7) is 8.53. The van der Waals surface area contributed by atoms with Gasteiger partial charge in [-0.25, -0.2) is 8.42 Å². The van der Waals surface area contributed by atoms with E-state index in [-0.39, 0.29) is 11.0 Å². The summed E-state index contributed by atoms with van der Waals surface area (Å²) < 4.78 is 39.2. The molecule has 1 aliphatic rings. The molecule has 1 fully saturated rings. The zero-order chi connectivity index (χ0) is 24.3. The first-order valence-electron chi connectivity index (χ1n) is 11.3. The highest BCUT2D eigenvalue weighted by Crippen LogP contribution is 2.26. The minimum absolute atomic E-state index is 0.163. The lowest BCUT2D eigenvalue weighted by Crippen LogP contribution is -2.49. The monoisotopic (exact) mass is 503 g/mol. The highest BCUT2D eigenvalue weighted by molar-refractivity contribution is 7.89. The number of hydrogen-bond donors (Lipinski definition) is 0. The van der Waals surface area contributed by atoms with Crippen molar-refractivity contribution < 1.29 is 17.7 Å². The lowest BCUT2D eigenvalue weighted by Gasteiger charge is -2.35. The number of halogens is 1. The van der Waals surface area contributed by atoms with Crippen LogP contribution in [-0.2, 0) is 21.4 Å². The van der Waals surface area contributed by atoms with Crippen LogP contribution in [-0.4, -0.2) is 55.5 Å². The summed E-state index contributed by atoms with van der Waals surface area (Å²) in [5.74, 6) is 0.326. The van der Waals surface area contributed by atoms with Crippen molar-refractivity contribution in [2.45, 2.75) is 38.4 Å². The molecule has 0 aliphatic carbocycles. The van der Waals surface area contributed by atoms with Crippen molar-refractivity contribution in [1.82, 2.24) is 14.4 Å². The number of aromatic nitrogens is 1. The molecule has 2 heterocycles. The Bertz CT molecular complexity index is 1200. The molecule has 0 saturated carbocycles. The van der Waals surface area contributed by atoms with Gasteiger partial charge in [0, 0.05) is 37.7 Å². The Hall–Kier alpha value is -2.23. The summed E-state index contributed by atoms with van der Waals surface area (Å²) in [4.78, 5) is 2.43. The Kier molecular flexibility index (Phi) is 7.74. The van der Waals surface area contributed by atoms with Gasteiger partial charge in [0.05, 0.1) is 12.7 Å². The van der Waals surface area contributed by atoms with Gasteiger partial charge in [-0.3, -0.25) is 4.90 Å². The van der Waals surface area contributed by atoms with E-state index in [0.717, 1.165) is 11.1 Å². The molecule has 7 nitrogen and oxygen atoms in total. The van der Waals surface area contributed by atoms with E-state index in [9.17, 15) is 8.42 Å². The van der Waals surface area contributed by atoms with Crippen LogP contribution in [0.5, 0.6) is 0 Å². The lowest BCUT2D eigenvalue weighted by molar-refractivity contribution is 0.00771. The zero-order valence-corrected chi connectivity index (χ0v) is 21.3. The second-order valence-electron chi connectivity index (χ2n) is 8.70. The summed E-state index contributed by atoms with van der Waals surface area (Å²) in [6.07, 6.45) is -0.163. The minimum Gasteiger partial charge on any atom is -0.368 e. The van der Waals surface area contributed by atoms with Crippen LogP contribution in [0.15, 0.2) is 57.9 Å². The van der Waals surface area contributed by atoms with Crippen molar-refractivity contribution in [2.75, 3.05) is 32.7 Å². The maximum Gasteiger partial charge on any atom is 0.248 e. The first-order chi connectivity index (χ1) is 16.2. The first-order valence-corrected chi connectivity index (χ1v) is 13.1. The van der Waals surface area contributed by atoms with Gasteiger partial charge >= 0.3 is 0 Å². The largest absolute Gasteiger partial charge is 0.368 e. The second kappa shape index (κ2) is 10.6. The third-order valence-electron chi connectivity index (χ3n) is 6.10. The average molecular weight is 504 g/mol. The average Bonchev–Trinajstić information content (AvgIpc) is 3.16. The molecule has 1 atom stereocenters. The van der Waals surface area contributed by atoms with Gasteiger partial charge in [0.1, 0.15) is 10.6 Å². The van der Waals surface area contributed by atoms with Crippen LogP contribution < -0.4 is 0 Å². The molecule has 0 bridgehead atoms. The predicted molar refractivity (Wildman–Crippen MR) is 131 cm³/mol. The number of ether oxygens (including phenoxy) is 1. The van der Waals surface area contributed by atoms with Crippen molar-refractivity contribution >= 4 is 21.6 Å². The molecular weight excluding hydrogens is 474 g/mol. The van der Waals surface area contributed by atoms with Crippen LogP contribution in [0, 0.1) is 20.8 Å². The van der Waals surface area contributed by atoms with Gasteiger partial charge in [-0.2, -0.15) is 4.31 Å². The van der Waals surface area contributed by atoms with Crippen molar-refractivity contribution in [2.24, 2.45) is 0 Å². The minimum atomic E-state index is -3.63. The number of benzene rings is 2. The zero-order valence-electron chi connectivity index (χ0n) is 19.7. The molecule has 0 unspecified atom stereocenters. The van der Waals surface area contributed by atoms with E-state index in [1.807, 2.05) is 30.3 Å². The summed E-state index contributed by atoms with van der Waals surface area (Å²) in [7, 11) is -3.63. The van der Waals surface area contributed by atoms with Crippen LogP contribution in [0.1, 0.15) is 34.2 Å². The standard InChI is InChI=1S/C25H30ClN3O4S/c1-18-5-4-6-21(15-18)17-32-24(22-7-9-23(26)10-8-22)16-28-11-13-29(14-12-28)34(30,31)25-19(2)27-33-20(25)3/h4-10,15,24H,11-14,16-17H2,1-3H3/t24-/m1/s1. The number of rotatable bonds is 8. The highest BCUT2D eigenvalue weighted by atomic mass is 35.5. The summed E-state index contributed by atoms with van der Waals surface area (Å²) in [6, 6.07) is 16.0. The van der Waals surface area contributed by atoms with E-state index < -0.39 is 10.0 Å². The Morgan fingerprint density at radius 2 is 1.76 bits per heavy atom. The molecule has 3 aromatic rings. The molecule has 34 heavy (non-hydrogen) atoms. The van der Waals surface area contributed by atoms with Crippen molar-refractivity contribution in [3.05, 3.63) is 81.7 Å². The van der Waals surface area contributed by atoms with Gasteiger partial charge < -0.3 is 9.26 Å². The molecule has 182 valence electrons. The fourth-order valence-corrected chi connectivity index (χ4v) is 6.13. The van der Waals surface area contributed by atoms with Gasteiger partial charge in [0.15, 0.2) is 5.76 Å². The molecule has 1 aromatic heterocycles. The first kappa shape index (κ1) is 24.9. The van der Waals surface area contributed by atoms with Gasteiger partial charge in [-0.05, 0) is 44.0 Å². The molecule has 0 spiro atoms. The Morgan fingerprint density at radius 1 is 1.06 bits per heavy atom. The SMILES string of the molecule is Cc1cccc(CO[C@H](CN2CCN(S(=O)(=O)c3c(C)noc3C)CC2)c2ccc(Cl)cc2)c1. The van der Waals surface area contributed by atoms with Crippen LogP contribution >= 0.6 is 11.6 Å². The molecule has 0 radical (unpaired) electrons. The van der Waals surface area contributed by atoms with Crippen LogP contribution in [0.3, 0.4) is 0 Å². The van der Waals surface area contributed by atoms with E-state index in [2.05, 4.69) is 35.2 Å². The van der Waals surface area contributed by atoms with Crippen molar-refractivity contribution in [1.29, 1.82) is 0 Å². The quantitative estimate of drug-likeness (QED) is 0.450. The molecule has 1 saturated heterocycles. The van der Waals surface area contributed by atoms with E-state index in [1.54, 1.807) is 13.8 Å². The van der Waals surface area contributed by atoms with E-state index in [0.29, 0.717) is 55.8 Å². The molecule has 0 N–H and O–H groups in total. The molecule has 0 amide bonds. The van der Waals surface area contributed by atoms with E-state index in [4.69, 9.17) is 20.9 Å². The number of aryl methyl sites for hydroxylation is 3. The van der Waals surface area contributed by atoms with E-state index >= 15 is 0 Å². The normalized spacial score (nSPS) is 16.6. The third kappa shape index (κ3) is 5.70. The Labute approximate surface area is 206 Å². The van der Waals surface area contributed by atoms with Gasteiger partial charge in [0.25, 0.3) is 0 Å². The fourth-order valence-electron chi connectivity index (χ4n) is 4.29. The smallest absolute Gasteiger partial charge is 0.248 e. The summed E-state index contributed by atoms with van der Waals surface area (Å²) in [5, 5.41) is 4.48. The number of nitrogens with zero attached hydrogens (tertiary/aromatic N) is 3. The molecule has 2 aromatic carbocycles. The van der Waals surface area contributed by atoms with Crippen LogP contribution in [0.2, 0.25) is 5.02 Å². The maximum absolute atomic E-state index is 13.1. The number of piperazine rings is 1. The number of hydrogen-bond acceptors (Lipinski definition) is 6. The Morgan fingerprint density at radius 3 is 2.38 bits per heavy atom. The molecule has 1 aliphatic heterocycles.